The Bertz CT molecular complexity index is 483. The largest absolute Gasteiger partial charge is 0.391 e. The van der Waals surface area contributed by atoms with E-state index in [1.165, 1.54) is 4.90 Å². The molecule has 2 N–H and O–H groups in total. The van der Waals surface area contributed by atoms with Crippen molar-refractivity contribution in [2.75, 3.05) is 32.7 Å². The van der Waals surface area contributed by atoms with Crippen LogP contribution in [0.2, 0.25) is 0 Å². The van der Waals surface area contributed by atoms with Gasteiger partial charge in [0.15, 0.2) is 6.17 Å². The summed E-state index contributed by atoms with van der Waals surface area (Å²) >= 11 is 0. The molecule has 2 aliphatic heterocycles. The summed E-state index contributed by atoms with van der Waals surface area (Å²) in [5, 5.41) is 13.2. The first-order valence-electron chi connectivity index (χ1n) is 8.56. The molecule has 3 aliphatic rings. The lowest BCUT2D eigenvalue weighted by Gasteiger charge is -2.37. The second-order valence-corrected chi connectivity index (χ2v) is 7.17. The molecule has 23 heavy (non-hydrogen) atoms. The fraction of sp³-hybridized carbons (Fsp3) is 0.875. The van der Waals surface area contributed by atoms with Gasteiger partial charge >= 0.3 is 0 Å². The Balaban J connectivity index is 1.47. The number of piperidine rings is 1. The van der Waals surface area contributed by atoms with Crippen LogP contribution in [0.25, 0.3) is 0 Å². The van der Waals surface area contributed by atoms with Gasteiger partial charge in [0.05, 0.1) is 12.1 Å². The van der Waals surface area contributed by atoms with Gasteiger partial charge in [-0.3, -0.25) is 9.59 Å². The molecule has 0 aromatic heterocycles. The van der Waals surface area contributed by atoms with Crippen molar-refractivity contribution in [3.63, 3.8) is 0 Å². The van der Waals surface area contributed by atoms with Crippen LogP contribution >= 0.6 is 0 Å². The van der Waals surface area contributed by atoms with E-state index in [-0.39, 0.29) is 36.9 Å². The van der Waals surface area contributed by atoms with Crippen molar-refractivity contribution in [1.29, 1.82) is 0 Å². The zero-order valence-electron chi connectivity index (χ0n) is 13.6. The molecule has 1 aliphatic carbocycles. The van der Waals surface area contributed by atoms with Crippen molar-refractivity contribution < 1.29 is 19.1 Å². The van der Waals surface area contributed by atoms with Crippen LogP contribution in [0.4, 0.5) is 4.39 Å². The Morgan fingerprint density at radius 2 is 2.17 bits per heavy atom. The molecule has 3 unspecified atom stereocenters. The van der Waals surface area contributed by atoms with Gasteiger partial charge in [0, 0.05) is 39.1 Å². The molecular weight excluding hydrogens is 301 g/mol. The predicted octanol–water partition coefficient (Wildman–Crippen LogP) is -0.0917. The van der Waals surface area contributed by atoms with Crippen LogP contribution in [0.15, 0.2) is 0 Å². The molecule has 1 spiro atoms. The van der Waals surface area contributed by atoms with Gasteiger partial charge in [0.25, 0.3) is 5.91 Å². The molecule has 3 atom stereocenters. The minimum Gasteiger partial charge on any atom is -0.391 e. The normalized spacial score (nSPS) is 31.3. The van der Waals surface area contributed by atoms with E-state index in [1.807, 2.05) is 0 Å². The average molecular weight is 327 g/mol. The first-order chi connectivity index (χ1) is 10.9. The third kappa shape index (κ3) is 3.35. The van der Waals surface area contributed by atoms with Crippen molar-refractivity contribution in [1.82, 2.24) is 15.1 Å². The van der Waals surface area contributed by atoms with Gasteiger partial charge in [-0.1, -0.05) is 0 Å². The van der Waals surface area contributed by atoms with E-state index in [1.54, 1.807) is 11.8 Å². The highest BCUT2D eigenvalue weighted by atomic mass is 19.1. The summed E-state index contributed by atoms with van der Waals surface area (Å²) in [7, 11) is 0. The molecule has 2 saturated heterocycles. The van der Waals surface area contributed by atoms with E-state index in [4.69, 9.17) is 0 Å². The monoisotopic (exact) mass is 327 g/mol. The van der Waals surface area contributed by atoms with E-state index in [9.17, 15) is 19.1 Å². The number of piperazine rings is 1. The number of aliphatic hydroxyl groups is 1. The second kappa shape index (κ2) is 6.36. The van der Waals surface area contributed by atoms with Gasteiger partial charge in [0.2, 0.25) is 5.91 Å². The highest BCUT2D eigenvalue weighted by Gasteiger charge is 2.52. The van der Waals surface area contributed by atoms with E-state index in [0.29, 0.717) is 19.6 Å². The molecule has 0 radical (unpaired) electrons. The molecule has 1 saturated carbocycles. The predicted molar refractivity (Wildman–Crippen MR) is 82.4 cm³/mol. The highest BCUT2D eigenvalue weighted by molar-refractivity contribution is 5.83. The van der Waals surface area contributed by atoms with Crippen LogP contribution in [0.3, 0.4) is 0 Å². The van der Waals surface area contributed by atoms with Crippen LogP contribution in [0.5, 0.6) is 0 Å². The maximum absolute atomic E-state index is 14.3. The molecule has 2 heterocycles. The zero-order valence-corrected chi connectivity index (χ0v) is 13.6. The standard InChI is InChI=1S/C16H26FN3O3/c1-11-14(22)19(9-6-18-11)7-2-12(17)15(23)20-8-5-16(3-4-16)13(21)10-20/h11-13,18,21H,2-10H2,1H3. The molecule has 6 nitrogen and oxygen atoms in total. The first-order valence-corrected chi connectivity index (χ1v) is 8.56. The van der Waals surface area contributed by atoms with Crippen LogP contribution < -0.4 is 5.32 Å². The second-order valence-electron chi connectivity index (χ2n) is 7.17. The SMILES string of the molecule is CC1NCCN(CCC(F)C(=O)N2CCC3(CC3)C(O)C2)C1=O. The molecule has 0 bridgehead atoms. The van der Waals surface area contributed by atoms with E-state index in [2.05, 4.69) is 5.32 Å². The van der Waals surface area contributed by atoms with Crippen molar-refractivity contribution in [2.24, 2.45) is 5.41 Å². The van der Waals surface area contributed by atoms with Crippen LogP contribution in [-0.4, -0.2) is 77.8 Å². The Hall–Kier alpha value is -1.21. The number of nitrogens with zero attached hydrogens (tertiary/aromatic N) is 2. The van der Waals surface area contributed by atoms with Crippen molar-refractivity contribution in [2.45, 2.75) is 50.9 Å². The number of carbonyl (C=O) groups is 2. The van der Waals surface area contributed by atoms with Crippen molar-refractivity contribution in [3.8, 4) is 0 Å². The van der Waals surface area contributed by atoms with E-state index in [0.717, 1.165) is 19.3 Å². The lowest BCUT2D eigenvalue weighted by atomic mass is 9.90. The smallest absolute Gasteiger partial charge is 0.257 e. The topological polar surface area (TPSA) is 72.9 Å². The van der Waals surface area contributed by atoms with Crippen molar-refractivity contribution in [3.05, 3.63) is 0 Å². The number of hydrogen-bond acceptors (Lipinski definition) is 4. The fourth-order valence-corrected chi connectivity index (χ4v) is 3.66. The van der Waals surface area contributed by atoms with Crippen LogP contribution in [0, 0.1) is 5.41 Å². The number of β-amino-alcohol motifs (C(OH)–C–C–N with tert-alkyl or cyclic N) is 1. The number of rotatable bonds is 4. The number of alkyl halides is 1. The molecule has 2 amide bonds. The number of aliphatic hydroxyl groups excluding tert-OH is 1. The van der Waals surface area contributed by atoms with Crippen LogP contribution in [0.1, 0.15) is 32.6 Å². The van der Waals surface area contributed by atoms with Gasteiger partial charge in [-0.05, 0) is 31.6 Å². The summed E-state index contributed by atoms with van der Waals surface area (Å²) in [6, 6.07) is -0.246. The minimum absolute atomic E-state index is 0.00590. The molecule has 7 heteroatoms. The number of nitrogens with one attached hydrogen (secondary N) is 1. The minimum atomic E-state index is -1.60. The van der Waals surface area contributed by atoms with Gasteiger partial charge in [-0.2, -0.15) is 0 Å². The zero-order chi connectivity index (χ0) is 16.6. The number of hydrogen-bond donors (Lipinski definition) is 2. The van der Waals surface area contributed by atoms with E-state index < -0.39 is 18.2 Å². The average Bonchev–Trinajstić information content (AvgIpc) is 3.31. The number of likely N-dealkylation sites (tertiary alicyclic amines) is 1. The summed E-state index contributed by atoms with van der Waals surface area (Å²) in [6.07, 6.45) is 0.684. The maximum Gasteiger partial charge on any atom is 0.257 e. The molecule has 130 valence electrons. The van der Waals surface area contributed by atoms with Gasteiger partial charge < -0.3 is 20.2 Å². The number of halogens is 1. The van der Waals surface area contributed by atoms with Gasteiger partial charge in [-0.25, -0.2) is 4.39 Å². The van der Waals surface area contributed by atoms with E-state index >= 15 is 0 Å². The summed E-state index contributed by atoms with van der Waals surface area (Å²) in [5.74, 6) is -0.588. The lowest BCUT2D eigenvalue weighted by Crippen LogP contribution is -2.54. The van der Waals surface area contributed by atoms with Gasteiger partial charge in [0.1, 0.15) is 0 Å². The third-order valence-electron chi connectivity index (χ3n) is 5.62. The Morgan fingerprint density at radius 1 is 1.43 bits per heavy atom. The van der Waals surface area contributed by atoms with Crippen molar-refractivity contribution >= 4 is 11.8 Å². The van der Waals surface area contributed by atoms with Crippen LogP contribution in [-0.2, 0) is 9.59 Å². The number of amides is 2. The summed E-state index contributed by atoms with van der Waals surface area (Å²) in [6.45, 7) is 4.06. The molecule has 3 rings (SSSR count). The molecule has 3 fully saturated rings. The molecule has 0 aromatic rings. The van der Waals surface area contributed by atoms with Gasteiger partial charge in [-0.15, -0.1) is 0 Å². The summed E-state index contributed by atoms with van der Waals surface area (Å²) < 4.78 is 14.3. The fourth-order valence-electron chi connectivity index (χ4n) is 3.66. The Morgan fingerprint density at radius 3 is 2.83 bits per heavy atom. The molecule has 0 aromatic carbocycles. The number of carbonyl (C=O) groups excluding carboxylic acids is 2. The summed E-state index contributed by atoms with van der Waals surface area (Å²) in [5.41, 5.74) is 0.00590. The third-order valence-corrected chi connectivity index (χ3v) is 5.62. The molecular formula is C16H26FN3O3. The summed E-state index contributed by atoms with van der Waals surface area (Å²) in [4.78, 5) is 27.2. The maximum atomic E-state index is 14.3. The Kier molecular flexibility index (Phi) is 4.60. The quantitative estimate of drug-likeness (QED) is 0.757. The highest BCUT2D eigenvalue weighted by Crippen LogP contribution is 2.53. The lowest BCUT2D eigenvalue weighted by molar-refractivity contribution is -0.143. The Labute approximate surface area is 136 Å². The first kappa shape index (κ1) is 16.6.